The van der Waals surface area contributed by atoms with Crippen molar-refractivity contribution in [3.05, 3.63) is 5.82 Å². The SMILES string of the molecule is O=C(c1nn[nH]n1)N1CCCC(C2CCCN2)C1. The first-order valence-electron chi connectivity index (χ1n) is 6.60. The van der Waals surface area contributed by atoms with Gasteiger partial charge in [-0.1, -0.05) is 0 Å². The van der Waals surface area contributed by atoms with Gasteiger partial charge in [-0.2, -0.15) is 5.21 Å². The Bertz CT molecular complexity index is 400. The third-order valence-electron chi connectivity index (χ3n) is 3.95. The lowest BCUT2D eigenvalue weighted by Gasteiger charge is -2.35. The minimum atomic E-state index is -0.105. The molecule has 2 aliphatic heterocycles. The van der Waals surface area contributed by atoms with Gasteiger partial charge in [0, 0.05) is 19.1 Å². The molecular formula is C11H18N6O. The van der Waals surface area contributed by atoms with E-state index in [4.69, 9.17) is 0 Å². The molecule has 2 fully saturated rings. The molecular weight excluding hydrogens is 232 g/mol. The van der Waals surface area contributed by atoms with Gasteiger partial charge in [-0.3, -0.25) is 4.79 Å². The number of piperidine rings is 1. The summed E-state index contributed by atoms with van der Waals surface area (Å²) in [6.45, 7) is 2.72. The number of hydrogen-bond acceptors (Lipinski definition) is 5. The molecule has 1 aromatic heterocycles. The van der Waals surface area contributed by atoms with Crippen molar-refractivity contribution < 1.29 is 4.79 Å². The van der Waals surface area contributed by atoms with E-state index in [9.17, 15) is 4.79 Å². The number of nitrogens with one attached hydrogen (secondary N) is 2. The highest BCUT2D eigenvalue weighted by molar-refractivity contribution is 5.90. The van der Waals surface area contributed by atoms with Crippen LogP contribution in [0.15, 0.2) is 0 Å². The van der Waals surface area contributed by atoms with Crippen LogP contribution >= 0.6 is 0 Å². The summed E-state index contributed by atoms with van der Waals surface area (Å²) in [7, 11) is 0. The van der Waals surface area contributed by atoms with Crippen LogP contribution in [-0.2, 0) is 0 Å². The van der Waals surface area contributed by atoms with Crippen LogP contribution in [0.3, 0.4) is 0 Å². The van der Waals surface area contributed by atoms with E-state index in [0.717, 1.165) is 26.1 Å². The summed E-state index contributed by atoms with van der Waals surface area (Å²) in [5.74, 6) is 0.638. The molecule has 3 rings (SSSR count). The zero-order valence-corrected chi connectivity index (χ0v) is 10.3. The van der Waals surface area contributed by atoms with Gasteiger partial charge in [-0.15, -0.1) is 10.2 Å². The normalized spacial score (nSPS) is 28.6. The first kappa shape index (κ1) is 11.6. The molecule has 2 aliphatic rings. The third-order valence-corrected chi connectivity index (χ3v) is 3.95. The fraction of sp³-hybridized carbons (Fsp3) is 0.818. The number of aromatic amines is 1. The van der Waals surface area contributed by atoms with Crippen molar-refractivity contribution in [3.8, 4) is 0 Å². The Morgan fingerprint density at radius 1 is 1.33 bits per heavy atom. The first-order chi connectivity index (χ1) is 8.84. The van der Waals surface area contributed by atoms with E-state index in [2.05, 4.69) is 25.9 Å². The molecule has 1 aromatic rings. The number of tetrazole rings is 1. The number of likely N-dealkylation sites (tertiary alicyclic amines) is 1. The van der Waals surface area contributed by atoms with E-state index < -0.39 is 0 Å². The zero-order chi connectivity index (χ0) is 12.4. The highest BCUT2D eigenvalue weighted by Gasteiger charge is 2.32. The molecule has 2 saturated heterocycles. The largest absolute Gasteiger partial charge is 0.335 e. The van der Waals surface area contributed by atoms with Gasteiger partial charge in [-0.05, 0) is 43.4 Å². The smallest absolute Gasteiger partial charge is 0.295 e. The molecule has 0 aliphatic carbocycles. The number of hydrogen-bond donors (Lipinski definition) is 2. The van der Waals surface area contributed by atoms with Crippen molar-refractivity contribution in [3.63, 3.8) is 0 Å². The number of H-pyrrole nitrogens is 1. The molecule has 2 unspecified atom stereocenters. The Labute approximate surface area is 105 Å². The number of amides is 1. The molecule has 0 radical (unpaired) electrons. The maximum absolute atomic E-state index is 12.1. The van der Waals surface area contributed by atoms with E-state index in [-0.39, 0.29) is 11.7 Å². The van der Waals surface area contributed by atoms with Crippen LogP contribution in [0.4, 0.5) is 0 Å². The molecule has 2 N–H and O–H groups in total. The zero-order valence-electron chi connectivity index (χ0n) is 10.3. The molecule has 1 amide bonds. The van der Waals surface area contributed by atoms with Crippen molar-refractivity contribution in [2.45, 2.75) is 31.7 Å². The van der Waals surface area contributed by atoms with Crippen LogP contribution in [-0.4, -0.2) is 57.1 Å². The Kier molecular flexibility index (Phi) is 3.22. The molecule has 0 spiro atoms. The van der Waals surface area contributed by atoms with Gasteiger partial charge >= 0.3 is 0 Å². The summed E-state index contributed by atoms with van der Waals surface area (Å²) in [6.07, 6.45) is 4.75. The fourth-order valence-electron chi connectivity index (χ4n) is 3.03. The molecule has 0 aromatic carbocycles. The van der Waals surface area contributed by atoms with Gasteiger partial charge in [0.05, 0.1) is 0 Å². The minimum absolute atomic E-state index is 0.105. The summed E-state index contributed by atoms with van der Waals surface area (Å²) >= 11 is 0. The van der Waals surface area contributed by atoms with Gasteiger partial charge in [-0.25, -0.2) is 0 Å². The molecule has 7 heteroatoms. The van der Waals surface area contributed by atoms with Crippen LogP contribution in [0.25, 0.3) is 0 Å². The lowest BCUT2D eigenvalue weighted by molar-refractivity contribution is 0.0639. The molecule has 98 valence electrons. The summed E-state index contributed by atoms with van der Waals surface area (Å²) in [5.41, 5.74) is 0. The van der Waals surface area contributed by atoms with E-state index >= 15 is 0 Å². The highest BCUT2D eigenvalue weighted by Crippen LogP contribution is 2.25. The minimum Gasteiger partial charge on any atom is -0.335 e. The van der Waals surface area contributed by atoms with Gasteiger partial charge in [0.1, 0.15) is 0 Å². The summed E-state index contributed by atoms with van der Waals surface area (Å²) in [4.78, 5) is 14.0. The average Bonchev–Trinajstić information content (AvgIpc) is 3.11. The standard InChI is InChI=1S/C11H18N6O/c18-11(10-13-15-16-14-10)17-6-2-3-8(7-17)9-4-1-5-12-9/h8-9,12H,1-7H2,(H,13,14,15,16). The molecule has 0 saturated carbocycles. The van der Waals surface area contributed by atoms with E-state index in [1.165, 1.54) is 19.3 Å². The molecule has 7 nitrogen and oxygen atoms in total. The lowest BCUT2D eigenvalue weighted by atomic mass is 9.90. The second kappa shape index (κ2) is 5.01. The van der Waals surface area contributed by atoms with Crippen molar-refractivity contribution in [1.82, 2.24) is 30.8 Å². The Balaban J connectivity index is 1.64. The van der Waals surface area contributed by atoms with Crippen LogP contribution in [0.1, 0.15) is 36.3 Å². The van der Waals surface area contributed by atoms with Gasteiger partial charge in [0.25, 0.3) is 11.7 Å². The number of rotatable bonds is 2. The molecule has 18 heavy (non-hydrogen) atoms. The second-order valence-corrected chi connectivity index (χ2v) is 5.09. The maximum atomic E-state index is 12.1. The van der Waals surface area contributed by atoms with Gasteiger partial charge < -0.3 is 10.2 Å². The number of aromatic nitrogens is 4. The van der Waals surface area contributed by atoms with Crippen LogP contribution in [0.5, 0.6) is 0 Å². The van der Waals surface area contributed by atoms with E-state index in [1.54, 1.807) is 0 Å². The third kappa shape index (κ3) is 2.22. The first-order valence-corrected chi connectivity index (χ1v) is 6.60. The highest BCUT2D eigenvalue weighted by atomic mass is 16.2. The van der Waals surface area contributed by atoms with Crippen molar-refractivity contribution in [2.24, 2.45) is 5.92 Å². The molecule has 2 atom stereocenters. The van der Waals surface area contributed by atoms with Crippen molar-refractivity contribution in [2.75, 3.05) is 19.6 Å². The monoisotopic (exact) mass is 250 g/mol. The maximum Gasteiger partial charge on any atom is 0.295 e. The van der Waals surface area contributed by atoms with E-state index in [1.807, 2.05) is 4.90 Å². The summed E-state index contributed by atoms with van der Waals surface area (Å²) in [5, 5.41) is 16.8. The van der Waals surface area contributed by atoms with Crippen LogP contribution in [0, 0.1) is 5.92 Å². The van der Waals surface area contributed by atoms with Crippen molar-refractivity contribution in [1.29, 1.82) is 0 Å². The van der Waals surface area contributed by atoms with Gasteiger partial charge in [0.15, 0.2) is 0 Å². The van der Waals surface area contributed by atoms with Crippen LogP contribution in [0.2, 0.25) is 0 Å². The quantitative estimate of drug-likeness (QED) is 0.759. The predicted molar refractivity (Wildman–Crippen MR) is 63.8 cm³/mol. The van der Waals surface area contributed by atoms with Crippen molar-refractivity contribution >= 4 is 5.91 Å². The van der Waals surface area contributed by atoms with Crippen LogP contribution < -0.4 is 5.32 Å². The number of carbonyl (C=O) groups is 1. The summed E-state index contributed by atoms with van der Waals surface area (Å²) in [6, 6.07) is 0.575. The lowest BCUT2D eigenvalue weighted by Crippen LogP contribution is -2.46. The Hall–Kier alpha value is -1.50. The Morgan fingerprint density at radius 3 is 3.00 bits per heavy atom. The Morgan fingerprint density at radius 2 is 2.28 bits per heavy atom. The number of nitrogens with zero attached hydrogens (tertiary/aromatic N) is 4. The fourth-order valence-corrected chi connectivity index (χ4v) is 3.03. The number of carbonyl (C=O) groups excluding carboxylic acids is 1. The predicted octanol–water partition coefficient (Wildman–Crippen LogP) is -0.196. The molecule has 0 bridgehead atoms. The van der Waals surface area contributed by atoms with E-state index in [0.29, 0.717) is 12.0 Å². The topological polar surface area (TPSA) is 86.8 Å². The average molecular weight is 250 g/mol. The summed E-state index contributed by atoms with van der Waals surface area (Å²) < 4.78 is 0. The molecule has 3 heterocycles. The van der Waals surface area contributed by atoms with Gasteiger partial charge in [0.2, 0.25) is 0 Å². The second-order valence-electron chi connectivity index (χ2n) is 5.09.